The van der Waals surface area contributed by atoms with E-state index >= 15 is 0 Å². The highest BCUT2D eigenvalue weighted by Crippen LogP contribution is 2.35. The fraction of sp³-hybridized carbons (Fsp3) is 0.478. The van der Waals surface area contributed by atoms with Crippen LogP contribution in [0, 0.1) is 13.8 Å². The van der Waals surface area contributed by atoms with Gasteiger partial charge in [0.05, 0.1) is 0 Å². The quantitative estimate of drug-likeness (QED) is 0.604. The minimum Gasteiger partial charge on any atom is -0.488 e. The zero-order valence-corrected chi connectivity index (χ0v) is 18.3. The third-order valence-electron chi connectivity index (χ3n) is 5.39. The van der Waals surface area contributed by atoms with Crippen LogP contribution in [0.2, 0.25) is 0 Å². The number of benzene rings is 2. The topological polar surface area (TPSA) is 24.5 Å². The molecule has 1 aliphatic rings. The summed E-state index contributed by atoms with van der Waals surface area (Å²) in [6.45, 7) is 7.53. The molecule has 3 rings (SSSR count). The molecule has 0 saturated carbocycles. The Labute approximate surface area is 183 Å². The molecule has 0 radical (unpaired) electrons. The highest BCUT2D eigenvalue weighted by molar-refractivity contribution is 5.85. The molecule has 166 valence electrons. The summed E-state index contributed by atoms with van der Waals surface area (Å²) in [5.41, 5.74) is 3.95. The number of hydrogen-bond acceptors (Lipinski definition) is 3. The van der Waals surface area contributed by atoms with E-state index in [0.717, 1.165) is 54.2 Å². The molecule has 0 aliphatic carbocycles. The number of aryl methyl sites for hydroxylation is 2. The van der Waals surface area contributed by atoms with E-state index in [1.54, 1.807) is 0 Å². The molecule has 1 saturated heterocycles. The lowest BCUT2D eigenvalue weighted by atomic mass is 9.95. The molecule has 0 spiro atoms. The Balaban J connectivity index is 0.00000320. The van der Waals surface area contributed by atoms with E-state index < -0.39 is 12.6 Å². The molecule has 3 nitrogen and oxygen atoms in total. The second-order valence-corrected chi connectivity index (χ2v) is 7.71. The van der Waals surface area contributed by atoms with Gasteiger partial charge >= 0.3 is 6.18 Å². The number of hydrogen-bond donors (Lipinski definition) is 1. The van der Waals surface area contributed by atoms with Gasteiger partial charge in [0.25, 0.3) is 0 Å². The molecular weight excluding hydrogens is 413 g/mol. The van der Waals surface area contributed by atoms with Crippen molar-refractivity contribution in [3.63, 3.8) is 0 Å². The lowest BCUT2D eigenvalue weighted by Crippen LogP contribution is -2.45. The minimum atomic E-state index is -4.14. The zero-order chi connectivity index (χ0) is 20.9. The first kappa shape index (κ1) is 24.5. The summed E-state index contributed by atoms with van der Waals surface area (Å²) in [5, 5.41) is 3.27. The molecular formula is C23H30ClF3N2O. The first-order valence-corrected chi connectivity index (χ1v) is 10.1. The predicted octanol–water partition coefficient (Wildman–Crippen LogP) is 5.59. The average Bonchev–Trinajstić information content (AvgIpc) is 2.68. The van der Waals surface area contributed by atoms with Gasteiger partial charge < -0.3 is 10.1 Å². The summed E-state index contributed by atoms with van der Waals surface area (Å²) >= 11 is 0. The Bertz CT molecular complexity index is 770. The smallest absolute Gasteiger partial charge is 0.389 e. The molecule has 1 N–H and O–H groups in total. The molecule has 0 aromatic heterocycles. The van der Waals surface area contributed by atoms with Gasteiger partial charge in [-0.05, 0) is 42.5 Å². The predicted molar refractivity (Wildman–Crippen MR) is 116 cm³/mol. The molecule has 1 fully saturated rings. The van der Waals surface area contributed by atoms with E-state index in [2.05, 4.69) is 10.2 Å². The van der Waals surface area contributed by atoms with Crippen molar-refractivity contribution in [2.75, 3.05) is 26.2 Å². The van der Waals surface area contributed by atoms with Gasteiger partial charge in [-0.15, -0.1) is 12.4 Å². The van der Waals surface area contributed by atoms with Crippen molar-refractivity contribution in [3.8, 4) is 5.75 Å². The van der Waals surface area contributed by atoms with Gasteiger partial charge in [-0.25, -0.2) is 0 Å². The SMILES string of the molecule is Cc1cc([C@@H](CCC(F)(F)F)N2CCNCC2)cc(C)c1OCc1ccccc1.Cl. The molecule has 2 aromatic rings. The van der Waals surface area contributed by atoms with Gasteiger partial charge in [0.2, 0.25) is 0 Å². The first-order valence-electron chi connectivity index (χ1n) is 10.1. The first-order chi connectivity index (χ1) is 13.8. The van der Waals surface area contributed by atoms with E-state index in [9.17, 15) is 13.2 Å². The fourth-order valence-electron chi connectivity index (χ4n) is 3.99. The van der Waals surface area contributed by atoms with E-state index in [-0.39, 0.29) is 24.9 Å². The summed E-state index contributed by atoms with van der Waals surface area (Å²) < 4.78 is 44.8. The van der Waals surface area contributed by atoms with E-state index in [1.165, 1.54) is 0 Å². The van der Waals surface area contributed by atoms with E-state index in [0.29, 0.717) is 6.61 Å². The molecule has 2 aromatic carbocycles. The van der Waals surface area contributed by atoms with Crippen molar-refractivity contribution < 1.29 is 17.9 Å². The molecule has 1 heterocycles. The Morgan fingerprint density at radius 1 is 1.03 bits per heavy atom. The maximum atomic E-state index is 12.9. The highest BCUT2D eigenvalue weighted by Gasteiger charge is 2.31. The Morgan fingerprint density at radius 2 is 1.63 bits per heavy atom. The summed E-state index contributed by atoms with van der Waals surface area (Å²) in [5.74, 6) is 0.812. The maximum Gasteiger partial charge on any atom is 0.389 e. The zero-order valence-electron chi connectivity index (χ0n) is 17.5. The minimum absolute atomic E-state index is 0. The van der Waals surface area contributed by atoms with Gasteiger partial charge in [-0.2, -0.15) is 13.2 Å². The Morgan fingerprint density at radius 3 is 2.20 bits per heavy atom. The van der Waals surface area contributed by atoms with Crippen LogP contribution in [0.1, 0.15) is 41.1 Å². The third kappa shape index (κ3) is 6.89. The van der Waals surface area contributed by atoms with Gasteiger partial charge in [0.15, 0.2) is 0 Å². The molecule has 1 atom stereocenters. The number of halogens is 4. The molecule has 0 unspecified atom stereocenters. The normalized spacial score (nSPS) is 16.0. The van der Waals surface area contributed by atoms with Crippen LogP contribution in [0.25, 0.3) is 0 Å². The van der Waals surface area contributed by atoms with Crippen LogP contribution in [0.15, 0.2) is 42.5 Å². The number of nitrogens with one attached hydrogen (secondary N) is 1. The summed E-state index contributed by atoms with van der Waals surface area (Å²) in [6.07, 6.45) is -4.84. The Hall–Kier alpha value is -1.76. The largest absolute Gasteiger partial charge is 0.488 e. The lowest BCUT2D eigenvalue weighted by Gasteiger charge is -2.36. The average molecular weight is 443 g/mol. The lowest BCUT2D eigenvalue weighted by molar-refractivity contribution is -0.138. The summed E-state index contributed by atoms with van der Waals surface area (Å²) in [7, 11) is 0. The number of rotatable bonds is 7. The van der Waals surface area contributed by atoms with Crippen LogP contribution in [-0.4, -0.2) is 37.3 Å². The maximum absolute atomic E-state index is 12.9. The molecule has 7 heteroatoms. The van der Waals surface area contributed by atoms with Crippen LogP contribution < -0.4 is 10.1 Å². The van der Waals surface area contributed by atoms with Crippen molar-refractivity contribution >= 4 is 12.4 Å². The number of piperazine rings is 1. The van der Waals surface area contributed by atoms with Gasteiger partial charge in [-0.1, -0.05) is 42.5 Å². The van der Waals surface area contributed by atoms with Crippen molar-refractivity contribution in [2.24, 2.45) is 0 Å². The summed E-state index contributed by atoms with van der Waals surface area (Å²) in [4.78, 5) is 2.17. The number of alkyl halides is 3. The van der Waals surface area contributed by atoms with Crippen LogP contribution >= 0.6 is 12.4 Å². The van der Waals surface area contributed by atoms with Crippen LogP contribution in [-0.2, 0) is 6.61 Å². The van der Waals surface area contributed by atoms with Crippen molar-refractivity contribution in [3.05, 3.63) is 64.7 Å². The second-order valence-electron chi connectivity index (χ2n) is 7.71. The third-order valence-corrected chi connectivity index (χ3v) is 5.39. The van der Waals surface area contributed by atoms with Crippen molar-refractivity contribution in [1.82, 2.24) is 10.2 Å². The van der Waals surface area contributed by atoms with Crippen LogP contribution in [0.5, 0.6) is 5.75 Å². The van der Waals surface area contributed by atoms with Crippen molar-refractivity contribution in [1.29, 1.82) is 0 Å². The summed E-state index contributed by atoms with van der Waals surface area (Å²) in [6, 6.07) is 13.7. The number of nitrogens with zero attached hydrogens (tertiary/aromatic N) is 1. The molecule has 1 aliphatic heterocycles. The Kier molecular flexibility index (Phi) is 9.01. The molecule has 0 amide bonds. The second kappa shape index (κ2) is 11.0. The van der Waals surface area contributed by atoms with Crippen molar-refractivity contribution in [2.45, 2.75) is 45.5 Å². The standard InChI is InChI=1S/C23H29F3N2O.ClH/c1-17-14-20(15-18(2)22(17)29-16-19-6-4-3-5-7-19)21(8-9-23(24,25)26)28-12-10-27-11-13-28;/h3-7,14-15,21,27H,8-13,16H2,1-2H3;1H/t21-;/m1./s1. The monoisotopic (exact) mass is 442 g/mol. The van der Waals surface area contributed by atoms with Gasteiger partial charge in [-0.3, -0.25) is 4.90 Å². The number of ether oxygens (including phenoxy) is 1. The molecule has 0 bridgehead atoms. The van der Waals surface area contributed by atoms with Gasteiger partial charge in [0.1, 0.15) is 12.4 Å². The molecule has 30 heavy (non-hydrogen) atoms. The van der Waals surface area contributed by atoms with Gasteiger partial charge in [0, 0.05) is 38.6 Å². The van der Waals surface area contributed by atoms with E-state index in [1.807, 2.05) is 56.3 Å². The van der Waals surface area contributed by atoms with Crippen LogP contribution in [0.4, 0.5) is 13.2 Å². The van der Waals surface area contributed by atoms with Crippen LogP contribution in [0.3, 0.4) is 0 Å². The van der Waals surface area contributed by atoms with E-state index in [4.69, 9.17) is 4.74 Å². The fourth-order valence-corrected chi connectivity index (χ4v) is 3.99. The highest BCUT2D eigenvalue weighted by atomic mass is 35.5.